The molecule has 5 nitrogen and oxygen atoms in total. The second kappa shape index (κ2) is 11.3. The van der Waals surface area contributed by atoms with Crippen molar-refractivity contribution < 1.29 is 24.9 Å². The van der Waals surface area contributed by atoms with Crippen LogP contribution in [0, 0.1) is 23.2 Å². The van der Waals surface area contributed by atoms with Crippen LogP contribution in [0.15, 0.2) is 57.6 Å². The number of hydrogen-bond donors (Lipinski definition) is 3. The molecular formula is C31H46O5. The minimum absolute atomic E-state index is 0.105. The fourth-order valence-corrected chi connectivity index (χ4v) is 5.04. The van der Waals surface area contributed by atoms with E-state index in [1.54, 1.807) is 13.8 Å². The van der Waals surface area contributed by atoms with E-state index in [2.05, 4.69) is 13.8 Å². The molecule has 200 valence electrons. The number of Topliss-reactive ketones (excluding diaryl/α,β-unsaturated/α-hetero) is 2. The van der Waals surface area contributed by atoms with Crippen molar-refractivity contribution >= 4 is 11.6 Å². The maximum atomic E-state index is 14.1. The van der Waals surface area contributed by atoms with Gasteiger partial charge >= 0.3 is 0 Å². The predicted molar refractivity (Wildman–Crippen MR) is 146 cm³/mol. The summed E-state index contributed by atoms with van der Waals surface area (Å²) in [4.78, 5) is 27.7. The molecule has 0 fully saturated rings. The summed E-state index contributed by atoms with van der Waals surface area (Å²) in [6.45, 7) is 17.1. The summed E-state index contributed by atoms with van der Waals surface area (Å²) < 4.78 is 0. The van der Waals surface area contributed by atoms with Crippen LogP contribution in [-0.2, 0) is 9.59 Å². The van der Waals surface area contributed by atoms with Gasteiger partial charge in [0.15, 0.2) is 11.6 Å². The van der Waals surface area contributed by atoms with E-state index in [-0.39, 0.29) is 35.7 Å². The van der Waals surface area contributed by atoms with E-state index in [4.69, 9.17) is 0 Å². The third-order valence-electron chi connectivity index (χ3n) is 7.91. The smallest absolute Gasteiger partial charge is 0.184 e. The summed E-state index contributed by atoms with van der Waals surface area (Å²) in [6, 6.07) is 0. The first-order valence-electron chi connectivity index (χ1n) is 13.3. The number of allylic oxidation sites excluding steroid dienone is 8. The van der Waals surface area contributed by atoms with Crippen molar-refractivity contribution in [3.05, 3.63) is 57.6 Å². The standard InChI is InChI=1S/C31H46O5/c1-10-21(8)26(32)25-27(33)24(23-17-22(20(6)7)13-14-30(23,9)36)28(34)31(29(25)35,15-11-18(2)3)16-12-19(4)5/h11-12,17,20-21,23,33-34,36H,10,13-16H2,1-9H3/t21?,23-,30-/m0/s1. The van der Waals surface area contributed by atoms with Gasteiger partial charge in [-0.3, -0.25) is 9.59 Å². The van der Waals surface area contributed by atoms with Gasteiger partial charge in [0.25, 0.3) is 0 Å². The molecule has 2 aliphatic carbocycles. The molecule has 3 N–H and O–H groups in total. The van der Waals surface area contributed by atoms with E-state index in [0.717, 1.165) is 16.7 Å². The van der Waals surface area contributed by atoms with Gasteiger partial charge in [-0.25, -0.2) is 0 Å². The monoisotopic (exact) mass is 498 g/mol. The van der Waals surface area contributed by atoms with Gasteiger partial charge in [0.1, 0.15) is 17.1 Å². The third-order valence-corrected chi connectivity index (χ3v) is 7.91. The van der Waals surface area contributed by atoms with E-state index in [1.165, 1.54) is 0 Å². The van der Waals surface area contributed by atoms with Gasteiger partial charge in [-0.1, -0.05) is 62.6 Å². The second-order valence-electron chi connectivity index (χ2n) is 11.8. The van der Waals surface area contributed by atoms with E-state index >= 15 is 0 Å². The van der Waals surface area contributed by atoms with Gasteiger partial charge < -0.3 is 15.3 Å². The molecule has 2 aliphatic rings. The average Bonchev–Trinajstić information content (AvgIpc) is 2.78. The molecule has 0 saturated carbocycles. The van der Waals surface area contributed by atoms with Crippen molar-refractivity contribution in [1.29, 1.82) is 0 Å². The number of rotatable bonds is 9. The molecule has 0 saturated heterocycles. The minimum Gasteiger partial charge on any atom is -0.511 e. The average molecular weight is 499 g/mol. The van der Waals surface area contributed by atoms with Crippen LogP contribution in [0.5, 0.6) is 0 Å². The second-order valence-corrected chi connectivity index (χ2v) is 11.8. The van der Waals surface area contributed by atoms with E-state index in [1.807, 2.05) is 52.8 Å². The molecule has 0 bridgehead atoms. The molecule has 0 spiro atoms. The Hall–Kier alpha value is -2.40. The van der Waals surface area contributed by atoms with Crippen molar-refractivity contribution in [1.82, 2.24) is 0 Å². The number of ketones is 2. The van der Waals surface area contributed by atoms with Gasteiger partial charge in [0.05, 0.1) is 11.0 Å². The summed E-state index contributed by atoms with van der Waals surface area (Å²) in [5.41, 5.74) is 0.233. The Labute approximate surface area is 217 Å². The lowest BCUT2D eigenvalue weighted by Crippen LogP contribution is -2.46. The lowest BCUT2D eigenvalue weighted by Gasteiger charge is -2.43. The van der Waals surface area contributed by atoms with Crippen molar-refractivity contribution in [3.63, 3.8) is 0 Å². The SMILES string of the molecule is CCC(C)C(=O)C1=C(O)C([C@@H]2C=C(C(C)C)CC[C@]2(C)O)=C(O)C(CC=C(C)C)(CC=C(C)C)C1=O. The summed E-state index contributed by atoms with van der Waals surface area (Å²) >= 11 is 0. The zero-order valence-corrected chi connectivity index (χ0v) is 23.7. The minimum atomic E-state index is -1.44. The van der Waals surface area contributed by atoms with Crippen LogP contribution >= 0.6 is 0 Å². The highest BCUT2D eigenvalue weighted by molar-refractivity contribution is 6.25. The van der Waals surface area contributed by atoms with Crippen molar-refractivity contribution in [2.45, 2.75) is 100 Å². The van der Waals surface area contributed by atoms with Gasteiger partial charge in [0, 0.05) is 17.4 Å². The quantitative estimate of drug-likeness (QED) is 0.230. The molecule has 36 heavy (non-hydrogen) atoms. The molecule has 0 heterocycles. The first-order chi connectivity index (χ1) is 16.6. The normalized spacial score (nSPS) is 25.0. The fourth-order valence-electron chi connectivity index (χ4n) is 5.04. The van der Waals surface area contributed by atoms with Gasteiger partial charge in [-0.2, -0.15) is 0 Å². The number of carbonyl (C=O) groups is 2. The first kappa shape index (κ1) is 29.8. The largest absolute Gasteiger partial charge is 0.511 e. The number of aliphatic hydroxyl groups excluding tert-OH is 2. The molecule has 0 radical (unpaired) electrons. The van der Waals surface area contributed by atoms with Crippen molar-refractivity contribution in [2.75, 3.05) is 0 Å². The topological polar surface area (TPSA) is 94.8 Å². The van der Waals surface area contributed by atoms with Crippen LogP contribution < -0.4 is 0 Å². The number of hydrogen-bond acceptors (Lipinski definition) is 5. The van der Waals surface area contributed by atoms with Crippen molar-refractivity contribution in [2.24, 2.45) is 23.2 Å². The molecular weight excluding hydrogens is 452 g/mol. The Bertz CT molecular complexity index is 1020. The predicted octanol–water partition coefficient (Wildman–Crippen LogP) is 7.25. The summed E-state index contributed by atoms with van der Waals surface area (Å²) in [6.07, 6.45) is 7.76. The molecule has 3 atom stereocenters. The molecule has 0 aromatic rings. The van der Waals surface area contributed by atoms with Crippen LogP contribution in [-0.4, -0.2) is 32.5 Å². The number of aliphatic hydroxyl groups is 3. The van der Waals surface area contributed by atoms with E-state index < -0.39 is 40.2 Å². The van der Waals surface area contributed by atoms with Crippen LogP contribution in [0.25, 0.3) is 0 Å². The molecule has 0 aliphatic heterocycles. The maximum absolute atomic E-state index is 14.1. The fraction of sp³-hybridized carbons (Fsp3) is 0.613. The molecule has 0 aromatic carbocycles. The molecule has 0 aromatic heterocycles. The maximum Gasteiger partial charge on any atom is 0.184 e. The Morgan fingerprint density at radius 1 is 1.08 bits per heavy atom. The summed E-state index contributed by atoms with van der Waals surface area (Å²) in [5.74, 6) is -2.70. The highest BCUT2D eigenvalue weighted by atomic mass is 16.3. The van der Waals surface area contributed by atoms with E-state index in [9.17, 15) is 24.9 Å². The number of carbonyl (C=O) groups excluding carboxylic acids is 2. The van der Waals surface area contributed by atoms with Crippen LogP contribution in [0.1, 0.15) is 94.4 Å². The molecule has 1 unspecified atom stereocenters. The van der Waals surface area contributed by atoms with Crippen LogP contribution in [0.3, 0.4) is 0 Å². The van der Waals surface area contributed by atoms with Crippen LogP contribution in [0.4, 0.5) is 0 Å². The highest BCUT2D eigenvalue weighted by Gasteiger charge is 2.53. The Balaban J connectivity index is 3.00. The van der Waals surface area contributed by atoms with Crippen LogP contribution in [0.2, 0.25) is 0 Å². The molecule has 5 heteroatoms. The lowest BCUT2D eigenvalue weighted by atomic mass is 9.62. The van der Waals surface area contributed by atoms with Gasteiger partial charge in [-0.05, 0) is 72.6 Å². The zero-order valence-electron chi connectivity index (χ0n) is 23.7. The summed E-state index contributed by atoms with van der Waals surface area (Å²) in [7, 11) is 0. The first-order valence-corrected chi connectivity index (χ1v) is 13.3. The highest BCUT2D eigenvalue weighted by Crippen LogP contribution is 2.51. The Morgan fingerprint density at radius 2 is 1.61 bits per heavy atom. The summed E-state index contributed by atoms with van der Waals surface area (Å²) in [5, 5.41) is 34.9. The van der Waals surface area contributed by atoms with Crippen molar-refractivity contribution in [3.8, 4) is 0 Å². The zero-order chi connectivity index (χ0) is 27.6. The van der Waals surface area contributed by atoms with Gasteiger partial charge in [-0.15, -0.1) is 0 Å². The van der Waals surface area contributed by atoms with E-state index in [0.29, 0.717) is 19.3 Å². The molecule has 0 amide bonds. The Kier molecular flexibility index (Phi) is 9.39. The lowest BCUT2D eigenvalue weighted by molar-refractivity contribution is -0.129. The van der Waals surface area contributed by atoms with Gasteiger partial charge in [0.2, 0.25) is 0 Å². The Morgan fingerprint density at radius 3 is 2.06 bits per heavy atom. The third kappa shape index (κ3) is 5.77. The molecule has 2 rings (SSSR count).